The Hall–Kier alpha value is -1.77. The molecule has 0 fully saturated rings. The van der Waals surface area contributed by atoms with Gasteiger partial charge in [0, 0.05) is 5.57 Å². The second-order valence-electron chi connectivity index (χ2n) is 5.20. The fraction of sp³-hybridized carbons (Fsp3) is 0.500. The lowest BCUT2D eigenvalue weighted by Crippen LogP contribution is -2.06. The highest BCUT2D eigenvalue weighted by Gasteiger charge is 2.16. The number of ether oxygens (including phenoxy) is 1. The highest BCUT2D eigenvalue weighted by Crippen LogP contribution is 2.26. The zero-order valence-electron chi connectivity index (χ0n) is 13.1. The monoisotopic (exact) mass is 290 g/mol. The quantitative estimate of drug-likeness (QED) is 0.379. The molecule has 0 bridgehead atoms. The minimum atomic E-state index is -0.998. The van der Waals surface area contributed by atoms with Crippen LogP contribution in [0.1, 0.15) is 57.4 Å². The SMILES string of the molecule is CCCCCCCC/C(=C(\OC)C(=O)O)c1ccccc1. The molecule has 0 aliphatic rings. The van der Waals surface area contributed by atoms with E-state index >= 15 is 0 Å². The van der Waals surface area contributed by atoms with Gasteiger partial charge < -0.3 is 9.84 Å². The van der Waals surface area contributed by atoms with Gasteiger partial charge in [-0.05, 0) is 18.4 Å². The van der Waals surface area contributed by atoms with E-state index in [0.717, 1.165) is 30.4 Å². The summed E-state index contributed by atoms with van der Waals surface area (Å²) in [5.74, 6) is -0.933. The average Bonchev–Trinajstić information content (AvgIpc) is 2.50. The zero-order valence-corrected chi connectivity index (χ0v) is 13.1. The van der Waals surface area contributed by atoms with Crippen LogP contribution in [0.4, 0.5) is 0 Å². The summed E-state index contributed by atoms with van der Waals surface area (Å²) in [6.07, 6.45) is 7.86. The highest BCUT2D eigenvalue weighted by molar-refractivity contribution is 5.94. The van der Waals surface area contributed by atoms with E-state index in [0.29, 0.717) is 0 Å². The number of carboxylic acid groups (broad SMARTS) is 1. The van der Waals surface area contributed by atoms with Crippen molar-refractivity contribution in [3.8, 4) is 0 Å². The number of allylic oxidation sites excluding steroid dienone is 1. The van der Waals surface area contributed by atoms with Crippen LogP contribution >= 0.6 is 0 Å². The third kappa shape index (κ3) is 6.03. The lowest BCUT2D eigenvalue weighted by atomic mass is 9.97. The summed E-state index contributed by atoms with van der Waals surface area (Å²) < 4.78 is 5.10. The first-order chi connectivity index (χ1) is 10.2. The van der Waals surface area contributed by atoms with Crippen molar-refractivity contribution in [1.29, 1.82) is 0 Å². The Bertz CT molecular complexity index is 449. The van der Waals surface area contributed by atoms with Gasteiger partial charge in [0.25, 0.3) is 0 Å². The normalized spacial score (nSPS) is 11.9. The van der Waals surface area contributed by atoms with Crippen molar-refractivity contribution >= 4 is 11.5 Å². The number of hydrogen-bond acceptors (Lipinski definition) is 2. The molecule has 3 nitrogen and oxygen atoms in total. The molecule has 0 heterocycles. The van der Waals surface area contributed by atoms with Crippen molar-refractivity contribution < 1.29 is 14.6 Å². The van der Waals surface area contributed by atoms with Gasteiger partial charge in [0.05, 0.1) is 7.11 Å². The molecule has 0 spiro atoms. The minimum absolute atomic E-state index is 0.0646. The first-order valence-electron chi connectivity index (χ1n) is 7.76. The van der Waals surface area contributed by atoms with Crippen LogP contribution in [0.25, 0.3) is 5.57 Å². The lowest BCUT2D eigenvalue weighted by Gasteiger charge is -2.12. The van der Waals surface area contributed by atoms with Crippen molar-refractivity contribution in [2.24, 2.45) is 0 Å². The molecule has 3 heteroatoms. The maximum Gasteiger partial charge on any atom is 0.371 e. The maximum absolute atomic E-state index is 11.3. The number of hydrogen-bond donors (Lipinski definition) is 1. The second kappa shape index (κ2) is 10.0. The predicted octanol–water partition coefficient (Wildman–Crippen LogP) is 4.88. The summed E-state index contributed by atoms with van der Waals surface area (Å²) in [4.78, 5) is 11.3. The smallest absolute Gasteiger partial charge is 0.371 e. The number of carboxylic acids is 1. The molecule has 1 rings (SSSR count). The van der Waals surface area contributed by atoms with Crippen LogP contribution < -0.4 is 0 Å². The van der Waals surface area contributed by atoms with Gasteiger partial charge in [-0.25, -0.2) is 4.79 Å². The van der Waals surface area contributed by atoms with Crippen molar-refractivity contribution in [3.05, 3.63) is 41.7 Å². The molecule has 116 valence electrons. The van der Waals surface area contributed by atoms with Crippen LogP contribution in [0.3, 0.4) is 0 Å². The molecule has 0 unspecified atom stereocenters. The third-order valence-electron chi connectivity index (χ3n) is 3.58. The van der Waals surface area contributed by atoms with Gasteiger partial charge in [0.15, 0.2) is 0 Å². The van der Waals surface area contributed by atoms with E-state index in [9.17, 15) is 9.90 Å². The Morgan fingerprint density at radius 2 is 1.67 bits per heavy atom. The summed E-state index contributed by atoms with van der Waals surface area (Å²) in [7, 11) is 1.42. The van der Waals surface area contributed by atoms with Crippen LogP contribution in [0, 0.1) is 0 Å². The van der Waals surface area contributed by atoms with Crippen LogP contribution in [-0.4, -0.2) is 18.2 Å². The molecule has 0 saturated heterocycles. The molecular formula is C18H26O3. The molecule has 1 aromatic carbocycles. The fourth-order valence-electron chi connectivity index (χ4n) is 2.45. The molecular weight excluding hydrogens is 264 g/mol. The fourth-order valence-corrected chi connectivity index (χ4v) is 2.45. The van der Waals surface area contributed by atoms with Crippen LogP contribution in [0.15, 0.2) is 36.1 Å². The second-order valence-corrected chi connectivity index (χ2v) is 5.20. The van der Waals surface area contributed by atoms with Gasteiger partial charge in [0.2, 0.25) is 5.76 Å². The largest absolute Gasteiger partial charge is 0.490 e. The zero-order chi connectivity index (χ0) is 15.5. The number of unbranched alkanes of at least 4 members (excludes halogenated alkanes) is 5. The number of rotatable bonds is 10. The summed E-state index contributed by atoms with van der Waals surface area (Å²) in [5, 5.41) is 9.29. The molecule has 0 aliphatic heterocycles. The van der Waals surface area contributed by atoms with E-state index in [-0.39, 0.29) is 5.76 Å². The minimum Gasteiger partial charge on any atom is -0.490 e. The van der Waals surface area contributed by atoms with E-state index in [1.807, 2.05) is 30.3 Å². The van der Waals surface area contributed by atoms with Gasteiger partial charge in [-0.15, -0.1) is 0 Å². The maximum atomic E-state index is 11.3. The van der Waals surface area contributed by atoms with E-state index < -0.39 is 5.97 Å². The molecule has 0 aromatic heterocycles. The Labute approximate surface area is 127 Å². The lowest BCUT2D eigenvalue weighted by molar-refractivity contribution is -0.135. The Morgan fingerprint density at radius 3 is 2.24 bits per heavy atom. The van der Waals surface area contributed by atoms with Crippen LogP contribution in [0.2, 0.25) is 0 Å². The van der Waals surface area contributed by atoms with Gasteiger partial charge in [0.1, 0.15) is 0 Å². The van der Waals surface area contributed by atoms with Crippen LogP contribution in [0.5, 0.6) is 0 Å². The number of methoxy groups -OCH3 is 1. The highest BCUT2D eigenvalue weighted by atomic mass is 16.5. The van der Waals surface area contributed by atoms with E-state index in [2.05, 4.69) is 6.92 Å². The number of carbonyl (C=O) groups is 1. The first kappa shape index (κ1) is 17.3. The molecule has 0 atom stereocenters. The third-order valence-corrected chi connectivity index (χ3v) is 3.58. The van der Waals surface area contributed by atoms with E-state index in [4.69, 9.17) is 4.74 Å². The van der Waals surface area contributed by atoms with Crippen molar-refractivity contribution in [3.63, 3.8) is 0 Å². The van der Waals surface area contributed by atoms with E-state index in [1.165, 1.54) is 32.8 Å². The molecule has 0 saturated carbocycles. The van der Waals surface area contributed by atoms with Crippen molar-refractivity contribution in [2.45, 2.75) is 51.9 Å². The molecule has 1 N–H and O–H groups in total. The first-order valence-corrected chi connectivity index (χ1v) is 7.76. The summed E-state index contributed by atoms with van der Waals surface area (Å²) in [6.45, 7) is 2.20. The van der Waals surface area contributed by atoms with Gasteiger partial charge in [-0.2, -0.15) is 0 Å². The molecule has 21 heavy (non-hydrogen) atoms. The number of aliphatic carboxylic acids is 1. The number of benzene rings is 1. The van der Waals surface area contributed by atoms with E-state index in [1.54, 1.807) is 0 Å². The molecule has 1 aromatic rings. The summed E-state index contributed by atoms with van der Waals surface area (Å²) in [6, 6.07) is 9.65. The molecule has 0 radical (unpaired) electrons. The summed E-state index contributed by atoms with van der Waals surface area (Å²) in [5.41, 5.74) is 1.73. The van der Waals surface area contributed by atoms with Gasteiger partial charge >= 0.3 is 5.97 Å². The standard InChI is InChI=1S/C18H26O3/c1-3-4-5-6-7-11-14-16(17(21-2)18(19)20)15-12-9-8-10-13-15/h8-10,12-13H,3-7,11,14H2,1-2H3,(H,19,20)/b17-16+. The molecule has 0 aliphatic carbocycles. The Morgan fingerprint density at radius 1 is 1.05 bits per heavy atom. The average molecular weight is 290 g/mol. The topological polar surface area (TPSA) is 46.5 Å². The Balaban J connectivity index is 2.73. The Kier molecular flexibility index (Phi) is 8.25. The van der Waals surface area contributed by atoms with Crippen molar-refractivity contribution in [2.75, 3.05) is 7.11 Å². The predicted molar refractivity (Wildman–Crippen MR) is 86.0 cm³/mol. The van der Waals surface area contributed by atoms with Crippen LogP contribution in [-0.2, 0) is 9.53 Å². The van der Waals surface area contributed by atoms with Gasteiger partial charge in [-0.3, -0.25) is 0 Å². The van der Waals surface area contributed by atoms with Crippen molar-refractivity contribution in [1.82, 2.24) is 0 Å². The summed E-state index contributed by atoms with van der Waals surface area (Å²) >= 11 is 0. The molecule has 0 amide bonds. The van der Waals surface area contributed by atoms with Gasteiger partial charge in [-0.1, -0.05) is 69.4 Å².